The summed E-state index contributed by atoms with van der Waals surface area (Å²) in [5, 5.41) is 0. The molecule has 90 valence electrons. The van der Waals surface area contributed by atoms with Crippen LogP contribution in [-0.2, 0) is 0 Å². The van der Waals surface area contributed by atoms with Crippen LogP contribution in [-0.4, -0.2) is 28.5 Å². The molecule has 1 aromatic rings. The van der Waals surface area contributed by atoms with Crippen molar-refractivity contribution in [3.8, 4) is 0 Å². The molecule has 17 heavy (non-hydrogen) atoms. The molecule has 0 spiro atoms. The van der Waals surface area contributed by atoms with Crippen LogP contribution in [0.5, 0.6) is 0 Å². The molecule has 0 N–H and O–H groups in total. The number of halogens is 1. The van der Waals surface area contributed by atoms with Crippen molar-refractivity contribution < 1.29 is 4.39 Å². The predicted molar refractivity (Wildman–Crippen MR) is 65.9 cm³/mol. The third-order valence-corrected chi connectivity index (χ3v) is 3.85. The van der Waals surface area contributed by atoms with Crippen molar-refractivity contribution in [3.05, 3.63) is 35.9 Å². The van der Waals surface area contributed by atoms with Crippen molar-refractivity contribution in [1.82, 2.24) is 9.88 Å². The van der Waals surface area contributed by atoms with Crippen molar-refractivity contribution >= 4 is 5.57 Å². The minimum absolute atomic E-state index is 0.248. The average Bonchev–Trinajstić information content (AvgIpc) is 2.88. The first-order chi connectivity index (χ1) is 8.15. The highest BCUT2D eigenvalue weighted by Crippen LogP contribution is 2.42. The lowest BCUT2D eigenvalue weighted by atomic mass is 10.0. The van der Waals surface area contributed by atoms with Gasteiger partial charge in [0, 0.05) is 30.4 Å². The third-order valence-electron chi connectivity index (χ3n) is 3.85. The molecule has 1 aliphatic carbocycles. The minimum Gasteiger partial charge on any atom is -0.293 e. The quantitative estimate of drug-likeness (QED) is 0.779. The number of hydrogen-bond acceptors (Lipinski definition) is 2. The molecule has 0 saturated carbocycles. The van der Waals surface area contributed by atoms with Crippen molar-refractivity contribution in [3.63, 3.8) is 0 Å². The molecule has 2 atom stereocenters. The fraction of sp³-hybridized carbons (Fsp3) is 0.500. The van der Waals surface area contributed by atoms with E-state index in [4.69, 9.17) is 0 Å². The molecule has 0 unspecified atom stereocenters. The number of likely N-dealkylation sites (tertiary alicyclic amines) is 1. The minimum atomic E-state index is -0.248. The smallest absolute Gasteiger partial charge is 0.142 e. The molecule has 1 aromatic heterocycles. The summed E-state index contributed by atoms with van der Waals surface area (Å²) >= 11 is 0. The Morgan fingerprint density at radius 3 is 2.88 bits per heavy atom. The van der Waals surface area contributed by atoms with Crippen LogP contribution in [0, 0.1) is 11.7 Å². The molecule has 2 heterocycles. The molecule has 1 aliphatic heterocycles. The Balaban J connectivity index is 1.93. The molecule has 1 saturated heterocycles. The number of pyridine rings is 1. The van der Waals surface area contributed by atoms with Crippen molar-refractivity contribution in [2.75, 3.05) is 6.54 Å². The van der Waals surface area contributed by atoms with E-state index in [1.807, 2.05) is 0 Å². The maximum absolute atomic E-state index is 13.2. The summed E-state index contributed by atoms with van der Waals surface area (Å²) < 4.78 is 13.2. The molecular weight excluding hydrogens is 215 g/mol. The molecule has 2 bridgehead atoms. The molecule has 1 fully saturated rings. The summed E-state index contributed by atoms with van der Waals surface area (Å²) in [6, 6.07) is 2.61. The van der Waals surface area contributed by atoms with Crippen LogP contribution in [0.3, 0.4) is 0 Å². The van der Waals surface area contributed by atoms with Gasteiger partial charge in [-0.2, -0.15) is 0 Å². The topological polar surface area (TPSA) is 16.1 Å². The van der Waals surface area contributed by atoms with Crippen LogP contribution in [0.2, 0.25) is 0 Å². The van der Waals surface area contributed by atoms with Crippen LogP contribution in [0.1, 0.15) is 25.8 Å². The summed E-state index contributed by atoms with van der Waals surface area (Å²) in [6.45, 7) is 5.60. The van der Waals surface area contributed by atoms with Crippen LogP contribution < -0.4 is 0 Å². The van der Waals surface area contributed by atoms with Gasteiger partial charge in [0.25, 0.3) is 0 Å². The number of aromatic nitrogens is 1. The predicted octanol–water partition coefficient (Wildman–Crippen LogP) is 2.72. The second-order valence-electron chi connectivity index (χ2n) is 5.32. The zero-order chi connectivity index (χ0) is 12.0. The lowest BCUT2D eigenvalue weighted by molar-refractivity contribution is 0.231. The van der Waals surface area contributed by atoms with Gasteiger partial charge in [-0.05, 0) is 37.8 Å². The number of rotatable bonds is 2. The zero-order valence-electron chi connectivity index (χ0n) is 10.2. The van der Waals surface area contributed by atoms with Gasteiger partial charge >= 0.3 is 0 Å². The average molecular weight is 232 g/mol. The SMILES string of the molecule is CC(C)N1C[C@H]2C=C(c3cncc(F)c3)[C@@H]1C2. The molecular formula is C14H17FN2. The van der Waals surface area contributed by atoms with E-state index in [0.717, 1.165) is 12.1 Å². The van der Waals surface area contributed by atoms with Crippen LogP contribution in [0.25, 0.3) is 5.57 Å². The van der Waals surface area contributed by atoms with E-state index in [-0.39, 0.29) is 5.82 Å². The maximum atomic E-state index is 13.2. The number of fused-ring (bicyclic) bond motifs is 2. The first-order valence-corrected chi connectivity index (χ1v) is 6.23. The van der Waals surface area contributed by atoms with Crippen molar-refractivity contribution in [1.29, 1.82) is 0 Å². The first-order valence-electron chi connectivity index (χ1n) is 6.23. The highest BCUT2D eigenvalue weighted by atomic mass is 19.1. The molecule has 2 nitrogen and oxygen atoms in total. The Bertz CT molecular complexity index is 467. The maximum Gasteiger partial charge on any atom is 0.142 e. The van der Waals surface area contributed by atoms with E-state index >= 15 is 0 Å². The number of hydrogen-bond donors (Lipinski definition) is 0. The van der Waals surface area contributed by atoms with Gasteiger partial charge in [0.05, 0.1) is 6.20 Å². The second-order valence-corrected chi connectivity index (χ2v) is 5.32. The van der Waals surface area contributed by atoms with Crippen LogP contribution in [0.4, 0.5) is 4.39 Å². The monoisotopic (exact) mass is 232 g/mol. The Hall–Kier alpha value is -1.22. The molecule has 3 rings (SSSR count). The highest BCUT2D eigenvalue weighted by molar-refractivity contribution is 5.72. The molecule has 2 aliphatic rings. The summed E-state index contributed by atoms with van der Waals surface area (Å²) in [6.07, 6.45) is 6.52. The fourth-order valence-electron chi connectivity index (χ4n) is 3.12. The third kappa shape index (κ3) is 1.78. The second kappa shape index (κ2) is 3.91. The molecule has 0 amide bonds. The van der Waals surface area contributed by atoms with Gasteiger partial charge in [-0.25, -0.2) is 4.39 Å². The summed E-state index contributed by atoms with van der Waals surface area (Å²) in [5.74, 6) is 0.392. The van der Waals surface area contributed by atoms with E-state index in [2.05, 4.69) is 29.8 Å². The van der Waals surface area contributed by atoms with Gasteiger partial charge in [0.2, 0.25) is 0 Å². The van der Waals surface area contributed by atoms with E-state index in [0.29, 0.717) is 18.0 Å². The summed E-state index contributed by atoms with van der Waals surface area (Å²) in [5.41, 5.74) is 2.21. The van der Waals surface area contributed by atoms with Gasteiger partial charge < -0.3 is 0 Å². The van der Waals surface area contributed by atoms with Crippen LogP contribution in [0.15, 0.2) is 24.5 Å². The number of nitrogens with zero attached hydrogens (tertiary/aromatic N) is 2. The van der Waals surface area contributed by atoms with E-state index in [9.17, 15) is 4.39 Å². The lowest BCUT2D eigenvalue weighted by Crippen LogP contribution is -2.37. The van der Waals surface area contributed by atoms with Crippen molar-refractivity contribution in [2.45, 2.75) is 32.4 Å². The Morgan fingerprint density at radius 1 is 1.41 bits per heavy atom. The fourth-order valence-corrected chi connectivity index (χ4v) is 3.12. The van der Waals surface area contributed by atoms with Crippen LogP contribution >= 0.6 is 0 Å². The van der Waals surface area contributed by atoms with Gasteiger partial charge in [-0.1, -0.05) is 6.08 Å². The zero-order valence-corrected chi connectivity index (χ0v) is 10.2. The van der Waals surface area contributed by atoms with Gasteiger partial charge in [0.1, 0.15) is 5.82 Å². The first kappa shape index (κ1) is 10.9. The Morgan fingerprint density at radius 2 is 2.24 bits per heavy atom. The largest absolute Gasteiger partial charge is 0.293 e. The van der Waals surface area contributed by atoms with Gasteiger partial charge in [-0.15, -0.1) is 0 Å². The van der Waals surface area contributed by atoms with E-state index < -0.39 is 0 Å². The van der Waals surface area contributed by atoms with E-state index in [1.54, 1.807) is 12.3 Å². The van der Waals surface area contributed by atoms with E-state index in [1.165, 1.54) is 18.2 Å². The molecule has 0 aromatic carbocycles. The van der Waals surface area contributed by atoms with Gasteiger partial charge in [-0.3, -0.25) is 9.88 Å². The Labute approximate surface area is 101 Å². The lowest BCUT2D eigenvalue weighted by Gasteiger charge is -2.31. The highest BCUT2D eigenvalue weighted by Gasteiger charge is 2.40. The molecule has 0 radical (unpaired) electrons. The molecule has 3 heteroatoms. The van der Waals surface area contributed by atoms with Crippen molar-refractivity contribution in [2.24, 2.45) is 5.92 Å². The normalized spacial score (nSPS) is 27.9. The summed E-state index contributed by atoms with van der Waals surface area (Å²) in [4.78, 5) is 6.45. The standard InChI is InChI=1S/C14H17FN2/c1-9(2)17-8-10-3-13(14(17)4-10)11-5-12(15)7-16-6-11/h3,5-7,9-10,14H,4,8H2,1-2H3/t10-,14-/m0/s1. The van der Waals surface area contributed by atoms with Gasteiger partial charge in [0.15, 0.2) is 0 Å². The summed E-state index contributed by atoms with van der Waals surface area (Å²) in [7, 11) is 0. The Kier molecular flexibility index (Phi) is 2.51.